The first-order valence-electron chi connectivity index (χ1n) is 7.52. The summed E-state index contributed by atoms with van der Waals surface area (Å²) in [4.78, 5) is 2.69. The lowest BCUT2D eigenvalue weighted by Crippen LogP contribution is -2.59. The minimum Gasteiger partial charge on any atom is -0.312 e. The number of hydrogen-bond acceptors (Lipinski definition) is 2. The van der Waals surface area contributed by atoms with E-state index in [0.717, 1.165) is 12.5 Å². The molecule has 0 aliphatic carbocycles. The fourth-order valence-corrected chi connectivity index (χ4v) is 3.17. The van der Waals surface area contributed by atoms with Gasteiger partial charge in [0.2, 0.25) is 0 Å². The first kappa shape index (κ1) is 15.0. The molecule has 1 saturated heterocycles. The molecule has 0 amide bonds. The van der Waals surface area contributed by atoms with Crippen molar-refractivity contribution in [2.24, 2.45) is 5.92 Å². The third-order valence-electron chi connectivity index (χ3n) is 4.51. The Kier molecular flexibility index (Phi) is 5.94. The Morgan fingerprint density at radius 3 is 2.24 bits per heavy atom. The lowest BCUT2D eigenvalue weighted by atomic mass is 9.82. The molecule has 1 rings (SSSR count). The summed E-state index contributed by atoms with van der Waals surface area (Å²) in [7, 11) is 0. The second kappa shape index (κ2) is 6.75. The molecule has 17 heavy (non-hydrogen) atoms. The molecule has 0 aromatic heterocycles. The Balaban J connectivity index is 2.71. The van der Waals surface area contributed by atoms with Crippen molar-refractivity contribution in [2.75, 3.05) is 19.6 Å². The van der Waals surface area contributed by atoms with Crippen LogP contribution in [0.3, 0.4) is 0 Å². The van der Waals surface area contributed by atoms with Crippen molar-refractivity contribution in [2.45, 2.75) is 71.9 Å². The van der Waals surface area contributed by atoms with E-state index in [2.05, 4.69) is 44.8 Å². The van der Waals surface area contributed by atoms with Crippen molar-refractivity contribution < 1.29 is 0 Å². The van der Waals surface area contributed by atoms with Gasteiger partial charge in [-0.2, -0.15) is 0 Å². The molecule has 0 bridgehead atoms. The largest absolute Gasteiger partial charge is 0.312 e. The molecule has 1 aliphatic rings. The SMILES string of the molecule is CCCNC(C(C)CC)C(C)(C)N1CCCC1. The van der Waals surface area contributed by atoms with E-state index in [1.165, 1.54) is 38.8 Å². The van der Waals surface area contributed by atoms with Crippen molar-refractivity contribution in [3.63, 3.8) is 0 Å². The Hall–Kier alpha value is -0.0800. The zero-order chi connectivity index (χ0) is 12.9. The van der Waals surface area contributed by atoms with Crippen LogP contribution in [0.5, 0.6) is 0 Å². The number of nitrogens with zero attached hydrogens (tertiary/aromatic N) is 1. The van der Waals surface area contributed by atoms with Crippen LogP contribution in [0.4, 0.5) is 0 Å². The summed E-state index contributed by atoms with van der Waals surface area (Å²) in [5, 5.41) is 3.80. The molecular formula is C15H32N2. The Morgan fingerprint density at radius 1 is 1.18 bits per heavy atom. The second-order valence-electron chi connectivity index (χ2n) is 6.17. The monoisotopic (exact) mass is 240 g/mol. The van der Waals surface area contributed by atoms with Crippen molar-refractivity contribution >= 4 is 0 Å². The summed E-state index contributed by atoms with van der Waals surface area (Å²) in [6.07, 6.45) is 5.25. The fourth-order valence-electron chi connectivity index (χ4n) is 3.17. The number of hydrogen-bond donors (Lipinski definition) is 1. The van der Waals surface area contributed by atoms with Gasteiger partial charge in [0.15, 0.2) is 0 Å². The predicted molar refractivity (Wildman–Crippen MR) is 76.4 cm³/mol. The fraction of sp³-hybridized carbons (Fsp3) is 1.00. The van der Waals surface area contributed by atoms with E-state index in [4.69, 9.17) is 0 Å². The van der Waals surface area contributed by atoms with Gasteiger partial charge in [0, 0.05) is 11.6 Å². The maximum Gasteiger partial charge on any atom is 0.0308 e. The standard InChI is InChI=1S/C15H32N2/c1-6-10-16-14(13(3)7-2)15(4,5)17-11-8-9-12-17/h13-14,16H,6-12H2,1-5H3. The summed E-state index contributed by atoms with van der Waals surface area (Å²) in [6, 6.07) is 0.616. The van der Waals surface area contributed by atoms with Gasteiger partial charge in [-0.3, -0.25) is 4.90 Å². The molecule has 0 saturated carbocycles. The first-order chi connectivity index (χ1) is 8.04. The van der Waals surface area contributed by atoms with Gasteiger partial charge in [0.05, 0.1) is 0 Å². The highest BCUT2D eigenvalue weighted by molar-refractivity contribution is 4.97. The summed E-state index contributed by atoms with van der Waals surface area (Å²) in [5.74, 6) is 0.747. The summed E-state index contributed by atoms with van der Waals surface area (Å²) >= 11 is 0. The molecule has 2 heteroatoms. The van der Waals surface area contributed by atoms with Crippen LogP contribution < -0.4 is 5.32 Å². The molecule has 2 atom stereocenters. The van der Waals surface area contributed by atoms with E-state index in [1.54, 1.807) is 0 Å². The van der Waals surface area contributed by atoms with Crippen molar-refractivity contribution in [1.82, 2.24) is 10.2 Å². The second-order valence-corrected chi connectivity index (χ2v) is 6.17. The highest BCUT2D eigenvalue weighted by Crippen LogP contribution is 2.29. The van der Waals surface area contributed by atoms with Crippen LogP contribution in [-0.4, -0.2) is 36.1 Å². The van der Waals surface area contributed by atoms with Crippen LogP contribution in [-0.2, 0) is 0 Å². The maximum atomic E-state index is 3.80. The summed E-state index contributed by atoms with van der Waals surface area (Å²) < 4.78 is 0. The van der Waals surface area contributed by atoms with E-state index in [0.29, 0.717) is 11.6 Å². The van der Waals surface area contributed by atoms with Crippen LogP contribution in [0, 0.1) is 5.92 Å². The normalized spacial score (nSPS) is 21.7. The highest BCUT2D eigenvalue weighted by atomic mass is 15.2. The van der Waals surface area contributed by atoms with Gasteiger partial charge in [-0.25, -0.2) is 0 Å². The van der Waals surface area contributed by atoms with E-state index in [-0.39, 0.29) is 0 Å². The van der Waals surface area contributed by atoms with Gasteiger partial charge < -0.3 is 5.32 Å². The molecule has 0 spiro atoms. The molecule has 1 fully saturated rings. The smallest absolute Gasteiger partial charge is 0.0308 e. The maximum absolute atomic E-state index is 3.80. The first-order valence-corrected chi connectivity index (χ1v) is 7.52. The van der Waals surface area contributed by atoms with Crippen LogP contribution in [0.15, 0.2) is 0 Å². The van der Waals surface area contributed by atoms with Gasteiger partial charge in [-0.1, -0.05) is 27.2 Å². The van der Waals surface area contributed by atoms with Crippen LogP contribution >= 0.6 is 0 Å². The van der Waals surface area contributed by atoms with Gasteiger partial charge in [-0.05, 0) is 58.7 Å². The third kappa shape index (κ3) is 3.69. The van der Waals surface area contributed by atoms with E-state index >= 15 is 0 Å². The quantitative estimate of drug-likeness (QED) is 0.735. The Morgan fingerprint density at radius 2 is 1.76 bits per heavy atom. The average molecular weight is 240 g/mol. The van der Waals surface area contributed by atoms with Gasteiger partial charge in [0.25, 0.3) is 0 Å². The summed E-state index contributed by atoms with van der Waals surface area (Å²) in [5.41, 5.74) is 0.293. The summed E-state index contributed by atoms with van der Waals surface area (Å²) in [6.45, 7) is 15.5. The van der Waals surface area contributed by atoms with Crippen molar-refractivity contribution in [3.8, 4) is 0 Å². The molecule has 102 valence electrons. The molecule has 2 nitrogen and oxygen atoms in total. The predicted octanol–water partition coefficient (Wildman–Crippen LogP) is 3.28. The average Bonchev–Trinajstić information content (AvgIpc) is 2.83. The molecule has 1 heterocycles. The molecule has 0 aromatic carbocycles. The number of nitrogens with one attached hydrogen (secondary N) is 1. The molecule has 0 radical (unpaired) electrons. The molecular weight excluding hydrogens is 208 g/mol. The minimum absolute atomic E-state index is 0.293. The third-order valence-corrected chi connectivity index (χ3v) is 4.51. The van der Waals surface area contributed by atoms with Gasteiger partial charge in [-0.15, -0.1) is 0 Å². The van der Waals surface area contributed by atoms with Crippen LogP contribution in [0.25, 0.3) is 0 Å². The van der Waals surface area contributed by atoms with Gasteiger partial charge in [0.1, 0.15) is 0 Å². The number of likely N-dealkylation sites (tertiary alicyclic amines) is 1. The Bertz CT molecular complexity index is 207. The zero-order valence-electron chi connectivity index (χ0n) is 12.6. The van der Waals surface area contributed by atoms with Gasteiger partial charge >= 0.3 is 0 Å². The minimum atomic E-state index is 0.293. The molecule has 2 unspecified atom stereocenters. The topological polar surface area (TPSA) is 15.3 Å². The lowest BCUT2D eigenvalue weighted by Gasteiger charge is -2.45. The van der Waals surface area contributed by atoms with E-state index < -0.39 is 0 Å². The highest BCUT2D eigenvalue weighted by Gasteiger charge is 2.38. The van der Waals surface area contributed by atoms with E-state index in [9.17, 15) is 0 Å². The van der Waals surface area contributed by atoms with Crippen molar-refractivity contribution in [1.29, 1.82) is 0 Å². The number of rotatable bonds is 7. The van der Waals surface area contributed by atoms with Crippen LogP contribution in [0.2, 0.25) is 0 Å². The molecule has 0 aromatic rings. The van der Waals surface area contributed by atoms with E-state index in [1.807, 2.05) is 0 Å². The van der Waals surface area contributed by atoms with Crippen molar-refractivity contribution in [3.05, 3.63) is 0 Å². The van der Waals surface area contributed by atoms with Crippen LogP contribution in [0.1, 0.15) is 60.3 Å². The lowest BCUT2D eigenvalue weighted by molar-refractivity contribution is 0.0800. The zero-order valence-corrected chi connectivity index (χ0v) is 12.6. The molecule has 1 aliphatic heterocycles. The Labute approximate surface area is 108 Å². The molecule has 1 N–H and O–H groups in total.